The molecule has 2 saturated heterocycles. The van der Waals surface area contributed by atoms with Crippen LogP contribution in [-0.2, 0) is 9.84 Å². The van der Waals surface area contributed by atoms with Gasteiger partial charge in [-0.15, -0.1) is 11.8 Å². The van der Waals surface area contributed by atoms with E-state index in [9.17, 15) is 8.42 Å². The normalized spacial score (nSPS) is 30.1. The van der Waals surface area contributed by atoms with E-state index in [1.807, 2.05) is 23.9 Å². The molecule has 3 aliphatic rings. The Hall–Kier alpha value is -0.640. The van der Waals surface area contributed by atoms with Crippen LogP contribution in [-0.4, -0.2) is 57.1 Å². The summed E-state index contributed by atoms with van der Waals surface area (Å²) in [6, 6.07) is 7.71. The molecule has 168 valence electrons. The van der Waals surface area contributed by atoms with Crippen LogP contribution in [0.25, 0.3) is 0 Å². The lowest BCUT2D eigenvalue weighted by Gasteiger charge is -2.50. The van der Waals surface area contributed by atoms with Gasteiger partial charge < -0.3 is 10.6 Å². The molecule has 8 heteroatoms. The monoisotopic (exact) mass is 452 g/mol. The van der Waals surface area contributed by atoms with Crippen molar-refractivity contribution < 1.29 is 8.42 Å². The van der Waals surface area contributed by atoms with E-state index in [1.54, 1.807) is 12.1 Å². The maximum absolute atomic E-state index is 11.9. The second-order valence-electron chi connectivity index (χ2n) is 9.02. The molecule has 0 amide bonds. The van der Waals surface area contributed by atoms with E-state index in [1.165, 1.54) is 49.7 Å². The van der Waals surface area contributed by atoms with E-state index in [0.29, 0.717) is 10.3 Å². The minimum atomic E-state index is -3.18. The third kappa shape index (κ3) is 5.40. The SMILES string of the molecule is CS(=O)(=O)c1ccc(C2NC(NCC3NCCS3)CNC23CCCCCCC3)cc1. The lowest BCUT2D eigenvalue weighted by molar-refractivity contribution is 0.117. The van der Waals surface area contributed by atoms with Crippen LogP contribution < -0.4 is 21.3 Å². The lowest BCUT2D eigenvalue weighted by atomic mass is 9.74. The number of piperazine rings is 1. The quantitative estimate of drug-likeness (QED) is 0.546. The van der Waals surface area contributed by atoms with E-state index in [-0.39, 0.29) is 17.7 Å². The van der Waals surface area contributed by atoms with Crippen molar-refractivity contribution in [3.05, 3.63) is 29.8 Å². The molecule has 1 spiro atoms. The Kier molecular flexibility index (Phi) is 7.42. The Balaban J connectivity index is 1.54. The Bertz CT molecular complexity index is 786. The zero-order valence-corrected chi connectivity index (χ0v) is 19.6. The fourth-order valence-electron chi connectivity index (χ4n) is 5.14. The second-order valence-corrected chi connectivity index (χ2v) is 12.3. The van der Waals surface area contributed by atoms with Gasteiger partial charge in [-0.05, 0) is 30.5 Å². The maximum Gasteiger partial charge on any atom is 0.175 e. The standard InChI is InChI=1S/C22H36N4O2S2/c1-30(27,28)18-9-7-17(8-10-18)21-22(11-5-3-2-4-6-12-22)25-15-19(26-21)24-16-20-23-13-14-29-20/h7-10,19-21,23-26H,2-6,11-16H2,1H3. The molecule has 1 saturated carbocycles. The van der Waals surface area contributed by atoms with Crippen molar-refractivity contribution in [2.45, 2.75) is 73.0 Å². The van der Waals surface area contributed by atoms with Crippen molar-refractivity contribution >= 4 is 21.6 Å². The summed E-state index contributed by atoms with van der Waals surface area (Å²) in [5, 5.41) is 15.6. The molecule has 0 radical (unpaired) electrons. The Morgan fingerprint density at radius 1 is 1.10 bits per heavy atom. The smallest absolute Gasteiger partial charge is 0.175 e. The highest BCUT2D eigenvalue weighted by atomic mass is 32.2. The summed E-state index contributed by atoms with van der Waals surface area (Å²) in [4.78, 5) is 0.390. The van der Waals surface area contributed by atoms with Crippen molar-refractivity contribution in [3.8, 4) is 0 Å². The van der Waals surface area contributed by atoms with Gasteiger partial charge in [-0.25, -0.2) is 8.42 Å². The number of sulfone groups is 1. The number of benzene rings is 1. The first-order chi connectivity index (χ1) is 14.5. The van der Waals surface area contributed by atoms with Gasteiger partial charge in [-0.3, -0.25) is 10.6 Å². The molecule has 1 aliphatic carbocycles. The molecular weight excluding hydrogens is 416 g/mol. The molecule has 4 rings (SSSR count). The first kappa shape index (κ1) is 22.6. The van der Waals surface area contributed by atoms with Crippen LogP contribution in [0.15, 0.2) is 29.2 Å². The first-order valence-electron chi connectivity index (χ1n) is 11.4. The Labute approximate surface area is 185 Å². The summed E-state index contributed by atoms with van der Waals surface area (Å²) in [6.07, 6.45) is 10.2. The van der Waals surface area contributed by atoms with Crippen LogP contribution in [0.4, 0.5) is 0 Å². The zero-order chi connectivity index (χ0) is 21.0. The maximum atomic E-state index is 11.9. The van der Waals surface area contributed by atoms with Gasteiger partial charge in [0.1, 0.15) is 0 Å². The van der Waals surface area contributed by atoms with Gasteiger partial charge in [0.2, 0.25) is 0 Å². The highest BCUT2D eigenvalue weighted by Gasteiger charge is 2.43. The highest BCUT2D eigenvalue weighted by Crippen LogP contribution is 2.39. The van der Waals surface area contributed by atoms with Gasteiger partial charge in [-0.1, -0.05) is 44.2 Å². The summed E-state index contributed by atoms with van der Waals surface area (Å²) in [5.74, 6) is 1.18. The lowest BCUT2D eigenvalue weighted by Crippen LogP contribution is -2.68. The summed E-state index contributed by atoms with van der Waals surface area (Å²) in [5.41, 5.74) is 1.21. The van der Waals surface area contributed by atoms with E-state index >= 15 is 0 Å². The average molecular weight is 453 g/mol. The van der Waals surface area contributed by atoms with Crippen LogP contribution in [0.3, 0.4) is 0 Å². The molecule has 0 bridgehead atoms. The van der Waals surface area contributed by atoms with Gasteiger partial charge in [0.15, 0.2) is 9.84 Å². The molecule has 30 heavy (non-hydrogen) atoms. The second kappa shape index (κ2) is 9.88. The zero-order valence-electron chi connectivity index (χ0n) is 18.0. The topological polar surface area (TPSA) is 82.3 Å². The summed E-state index contributed by atoms with van der Waals surface area (Å²) < 4.78 is 23.8. The van der Waals surface area contributed by atoms with Gasteiger partial charge in [0, 0.05) is 37.2 Å². The van der Waals surface area contributed by atoms with E-state index in [0.717, 1.165) is 32.5 Å². The average Bonchev–Trinajstić information content (AvgIpc) is 3.23. The molecule has 3 unspecified atom stereocenters. The number of rotatable bonds is 5. The molecular formula is C22H36N4O2S2. The molecule has 3 atom stereocenters. The molecule has 4 N–H and O–H groups in total. The predicted octanol–water partition coefficient (Wildman–Crippen LogP) is 2.39. The van der Waals surface area contributed by atoms with Crippen molar-refractivity contribution in [3.63, 3.8) is 0 Å². The third-order valence-electron chi connectivity index (χ3n) is 6.81. The highest BCUT2D eigenvalue weighted by molar-refractivity contribution is 8.00. The number of hydrogen-bond donors (Lipinski definition) is 4. The minimum absolute atomic E-state index is 0.0333. The minimum Gasteiger partial charge on any atom is -0.307 e. The van der Waals surface area contributed by atoms with E-state index in [2.05, 4.69) is 21.3 Å². The van der Waals surface area contributed by atoms with Crippen molar-refractivity contribution in [1.29, 1.82) is 0 Å². The largest absolute Gasteiger partial charge is 0.307 e. The van der Waals surface area contributed by atoms with Crippen molar-refractivity contribution in [2.75, 3.05) is 31.6 Å². The number of hydrogen-bond acceptors (Lipinski definition) is 7. The van der Waals surface area contributed by atoms with Gasteiger partial charge in [-0.2, -0.15) is 0 Å². The summed E-state index contributed by atoms with van der Waals surface area (Å²) in [6.45, 7) is 2.94. The molecule has 1 aromatic carbocycles. The molecule has 2 aliphatic heterocycles. The molecule has 3 fully saturated rings. The predicted molar refractivity (Wildman–Crippen MR) is 125 cm³/mol. The third-order valence-corrected chi connectivity index (χ3v) is 9.11. The first-order valence-corrected chi connectivity index (χ1v) is 14.3. The van der Waals surface area contributed by atoms with Crippen LogP contribution in [0, 0.1) is 0 Å². The Morgan fingerprint density at radius 2 is 1.80 bits per heavy atom. The molecule has 0 aromatic heterocycles. The fraction of sp³-hybridized carbons (Fsp3) is 0.727. The molecule has 1 aromatic rings. The Morgan fingerprint density at radius 3 is 2.43 bits per heavy atom. The fourth-order valence-corrected chi connectivity index (χ4v) is 6.74. The van der Waals surface area contributed by atoms with Crippen LogP contribution in [0.5, 0.6) is 0 Å². The van der Waals surface area contributed by atoms with Crippen molar-refractivity contribution in [1.82, 2.24) is 21.3 Å². The number of thioether (sulfide) groups is 1. The van der Waals surface area contributed by atoms with Crippen LogP contribution >= 0.6 is 11.8 Å². The van der Waals surface area contributed by atoms with Gasteiger partial charge in [0.05, 0.1) is 22.5 Å². The van der Waals surface area contributed by atoms with Crippen LogP contribution in [0.1, 0.15) is 56.6 Å². The molecule has 2 heterocycles. The van der Waals surface area contributed by atoms with Gasteiger partial charge >= 0.3 is 0 Å². The summed E-state index contributed by atoms with van der Waals surface area (Å²) in [7, 11) is -3.18. The van der Waals surface area contributed by atoms with E-state index in [4.69, 9.17) is 0 Å². The summed E-state index contributed by atoms with van der Waals surface area (Å²) >= 11 is 1.98. The number of nitrogens with one attached hydrogen (secondary N) is 4. The van der Waals surface area contributed by atoms with Crippen molar-refractivity contribution in [2.24, 2.45) is 0 Å². The van der Waals surface area contributed by atoms with E-state index < -0.39 is 9.84 Å². The molecule has 6 nitrogen and oxygen atoms in total. The van der Waals surface area contributed by atoms with Crippen LogP contribution in [0.2, 0.25) is 0 Å². The van der Waals surface area contributed by atoms with Gasteiger partial charge in [0.25, 0.3) is 0 Å².